The number of hydrogen-bond acceptors (Lipinski definition) is 6. The first-order chi connectivity index (χ1) is 12.2. The molecule has 1 N–H and O–H groups in total. The van der Waals surface area contributed by atoms with Crippen LogP contribution in [0, 0.1) is 17.0 Å². The molecule has 0 atom stereocenters. The number of piperazine rings is 1. The van der Waals surface area contributed by atoms with Crippen LogP contribution < -0.4 is 0 Å². The highest BCUT2D eigenvalue weighted by atomic mass is 32.2. The summed E-state index contributed by atoms with van der Waals surface area (Å²) in [5.74, 6) is -0.812. The lowest BCUT2D eigenvalue weighted by molar-refractivity contribution is -0.385. The number of benzene rings is 1. The fourth-order valence-corrected chi connectivity index (χ4v) is 4.59. The largest absolute Gasteiger partial charge is 0.481 e. The van der Waals surface area contributed by atoms with E-state index in [4.69, 9.17) is 5.11 Å². The van der Waals surface area contributed by atoms with Gasteiger partial charge >= 0.3 is 5.97 Å². The minimum atomic E-state index is -3.78. The van der Waals surface area contributed by atoms with Crippen molar-refractivity contribution in [3.8, 4) is 0 Å². The van der Waals surface area contributed by atoms with Crippen LogP contribution in [-0.4, -0.2) is 66.3 Å². The predicted molar refractivity (Wildman–Crippen MR) is 94.5 cm³/mol. The molecule has 0 spiro atoms. The number of carbonyl (C=O) groups is 1. The zero-order chi connectivity index (χ0) is 19.3. The number of carboxylic acid groups (broad SMARTS) is 1. The Bertz CT molecular complexity index is 772. The van der Waals surface area contributed by atoms with Gasteiger partial charge in [0.1, 0.15) is 0 Å². The zero-order valence-electron chi connectivity index (χ0n) is 14.6. The SMILES string of the molecule is Cc1ccc([N+](=O)[O-])cc1S(=O)(=O)N1CCN(CCCCC(=O)O)CC1. The third kappa shape index (κ3) is 4.99. The van der Waals surface area contributed by atoms with Crippen LogP contribution in [0.2, 0.25) is 0 Å². The van der Waals surface area contributed by atoms with E-state index in [2.05, 4.69) is 4.90 Å². The summed E-state index contributed by atoms with van der Waals surface area (Å²) < 4.78 is 27.0. The summed E-state index contributed by atoms with van der Waals surface area (Å²) in [6.07, 6.45) is 1.49. The van der Waals surface area contributed by atoms with Gasteiger partial charge in [0.05, 0.1) is 9.82 Å². The summed E-state index contributed by atoms with van der Waals surface area (Å²) in [4.78, 5) is 22.9. The maximum atomic E-state index is 12.8. The monoisotopic (exact) mass is 385 g/mol. The van der Waals surface area contributed by atoms with E-state index in [1.54, 1.807) is 6.92 Å². The van der Waals surface area contributed by atoms with Crippen molar-refractivity contribution < 1.29 is 23.2 Å². The second-order valence-corrected chi connectivity index (χ2v) is 8.21. The van der Waals surface area contributed by atoms with E-state index < -0.39 is 20.9 Å². The van der Waals surface area contributed by atoms with Crippen LogP contribution >= 0.6 is 0 Å². The van der Waals surface area contributed by atoms with Gasteiger partial charge in [-0.25, -0.2) is 8.42 Å². The molecule has 0 radical (unpaired) electrons. The molecule has 1 fully saturated rings. The molecule has 144 valence electrons. The van der Waals surface area contributed by atoms with Gasteiger partial charge in [0, 0.05) is 44.7 Å². The molecule has 0 aliphatic carbocycles. The number of nitro groups is 1. The molecule has 1 aliphatic heterocycles. The van der Waals surface area contributed by atoms with Crippen molar-refractivity contribution in [2.45, 2.75) is 31.1 Å². The summed E-state index contributed by atoms with van der Waals surface area (Å²) >= 11 is 0. The van der Waals surface area contributed by atoms with Crippen LogP contribution in [0.1, 0.15) is 24.8 Å². The Kier molecular flexibility index (Phi) is 6.68. The number of hydrogen-bond donors (Lipinski definition) is 1. The van der Waals surface area contributed by atoms with E-state index in [9.17, 15) is 23.3 Å². The Morgan fingerprint density at radius 3 is 2.46 bits per heavy atom. The van der Waals surface area contributed by atoms with Gasteiger partial charge in [-0.1, -0.05) is 6.07 Å². The number of rotatable bonds is 8. The predicted octanol–water partition coefficient (Wildman–Crippen LogP) is 1.46. The lowest BCUT2D eigenvalue weighted by atomic mass is 10.2. The molecular weight excluding hydrogens is 362 g/mol. The Morgan fingerprint density at radius 2 is 1.88 bits per heavy atom. The molecule has 0 aromatic heterocycles. The Morgan fingerprint density at radius 1 is 1.23 bits per heavy atom. The highest BCUT2D eigenvalue weighted by Crippen LogP contribution is 2.25. The van der Waals surface area contributed by atoms with Crippen LogP contribution in [0.3, 0.4) is 0 Å². The summed E-state index contributed by atoms with van der Waals surface area (Å²) in [6, 6.07) is 3.86. The standard InChI is InChI=1S/C16H23N3O6S/c1-13-5-6-14(19(22)23)12-15(13)26(24,25)18-10-8-17(9-11-18)7-3-2-4-16(20)21/h5-6,12H,2-4,7-11H2,1H3,(H,20,21). The summed E-state index contributed by atoms with van der Waals surface area (Å²) in [5.41, 5.74) is 0.234. The molecule has 1 heterocycles. The van der Waals surface area contributed by atoms with Gasteiger partial charge in [0.2, 0.25) is 10.0 Å². The minimum Gasteiger partial charge on any atom is -0.481 e. The topological polar surface area (TPSA) is 121 Å². The molecule has 10 heteroatoms. The number of aryl methyl sites for hydroxylation is 1. The second kappa shape index (κ2) is 8.56. The van der Waals surface area contributed by atoms with Gasteiger partial charge in [-0.15, -0.1) is 0 Å². The molecule has 1 aromatic rings. The quantitative estimate of drug-likeness (QED) is 0.408. The number of carboxylic acids is 1. The van der Waals surface area contributed by atoms with E-state index in [-0.39, 0.29) is 17.0 Å². The highest BCUT2D eigenvalue weighted by molar-refractivity contribution is 7.89. The van der Waals surface area contributed by atoms with Gasteiger partial charge in [-0.2, -0.15) is 4.31 Å². The van der Waals surface area contributed by atoms with E-state index in [1.807, 2.05) is 0 Å². The highest BCUT2D eigenvalue weighted by Gasteiger charge is 2.30. The molecule has 1 saturated heterocycles. The molecule has 1 aromatic carbocycles. The molecule has 1 aliphatic rings. The first kappa shape index (κ1) is 20.3. The maximum absolute atomic E-state index is 12.8. The first-order valence-electron chi connectivity index (χ1n) is 8.41. The number of sulfonamides is 1. The van der Waals surface area contributed by atoms with Gasteiger partial charge in [0.15, 0.2) is 0 Å². The van der Waals surface area contributed by atoms with E-state index in [0.29, 0.717) is 38.2 Å². The van der Waals surface area contributed by atoms with Crippen molar-refractivity contribution in [3.05, 3.63) is 33.9 Å². The summed E-state index contributed by atoms with van der Waals surface area (Å²) in [5, 5.41) is 19.6. The molecule has 0 saturated carbocycles. The number of unbranched alkanes of at least 4 members (excludes halogenated alkanes) is 1. The van der Waals surface area contributed by atoms with E-state index >= 15 is 0 Å². The Balaban J connectivity index is 1.99. The van der Waals surface area contributed by atoms with Gasteiger partial charge in [0.25, 0.3) is 5.69 Å². The molecule has 0 unspecified atom stereocenters. The van der Waals surface area contributed by atoms with Crippen LogP contribution in [0.25, 0.3) is 0 Å². The second-order valence-electron chi connectivity index (χ2n) is 6.30. The van der Waals surface area contributed by atoms with Crippen molar-refractivity contribution in [1.82, 2.24) is 9.21 Å². The van der Waals surface area contributed by atoms with Crippen LogP contribution in [0.4, 0.5) is 5.69 Å². The van der Waals surface area contributed by atoms with Crippen LogP contribution in [0.5, 0.6) is 0 Å². The third-order valence-corrected chi connectivity index (χ3v) is 6.49. The Labute approximate surface area is 152 Å². The average molecular weight is 385 g/mol. The number of non-ortho nitro benzene ring substituents is 1. The lowest BCUT2D eigenvalue weighted by Crippen LogP contribution is -2.48. The molecule has 26 heavy (non-hydrogen) atoms. The van der Waals surface area contributed by atoms with Crippen LogP contribution in [0.15, 0.2) is 23.1 Å². The van der Waals surface area contributed by atoms with Gasteiger partial charge < -0.3 is 10.0 Å². The number of aliphatic carboxylic acids is 1. The smallest absolute Gasteiger partial charge is 0.303 e. The van der Waals surface area contributed by atoms with Gasteiger partial charge in [-0.05, 0) is 31.9 Å². The van der Waals surface area contributed by atoms with Crippen LogP contribution in [-0.2, 0) is 14.8 Å². The third-order valence-electron chi connectivity index (χ3n) is 4.45. The normalized spacial score (nSPS) is 16.5. The first-order valence-corrected chi connectivity index (χ1v) is 9.85. The van der Waals surface area contributed by atoms with Crippen molar-refractivity contribution in [1.29, 1.82) is 0 Å². The fourth-order valence-electron chi connectivity index (χ4n) is 2.92. The number of nitro benzene ring substituents is 1. The lowest BCUT2D eigenvalue weighted by Gasteiger charge is -2.34. The number of nitrogens with zero attached hydrogens (tertiary/aromatic N) is 3. The zero-order valence-corrected chi connectivity index (χ0v) is 15.4. The average Bonchev–Trinajstić information content (AvgIpc) is 2.59. The van der Waals surface area contributed by atoms with Crippen molar-refractivity contribution in [2.75, 3.05) is 32.7 Å². The fraction of sp³-hybridized carbons (Fsp3) is 0.562. The molecule has 2 rings (SSSR count). The maximum Gasteiger partial charge on any atom is 0.303 e. The molecule has 0 amide bonds. The Hall–Kier alpha value is -2.04. The van der Waals surface area contributed by atoms with E-state index in [0.717, 1.165) is 19.0 Å². The van der Waals surface area contributed by atoms with Crippen molar-refractivity contribution in [2.24, 2.45) is 0 Å². The molecule has 9 nitrogen and oxygen atoms in total. The summed E-state index contributed by atoms with van der Waals surface area (Å²) in [6.45, 7) is 4.08. The van der Waals surface area contributed by atoms with E-state index in [1.165, 1.54) is 16.4 Å². The molecule has 0 bridgehead atoms. The minimum absolute atomic E-state index is 0.0263. The summed E-state index contributed by atoms with van der Waals surface area (Å²) in [7, 11) is -3.78. The molecular formula is C16H23N3O6S. The van der Waals surface area contributed by atoms with Crippen molar-refractivity contribution in [3.63, 3.8) is 0 Å². The van der Waals surface area contributed by atoms with Gasteiger partial charge in [-0.3, -0.25) is 14.9 Å². The van der Waals surface area contributed by atoms with Crippen molar-refractivity contribution >= 4 is 21.7 Å².